The molecule has 0 aliphatic heterocycles. The van der Waals surface area contributed by atoms with E-state index in [0.29, 0.717) is 0 Å². The molecule has 0 aromatic heterocycles. The van der Waals surface area contributed by atoms with Gasteiger partial charge in [-0.05, 0) is 63.5 Å². The van der Waals surface area contributed by atoms with Gasteiger partial charge in [-0.2, -0.15) is 0 Å². The van der Waals surface area contributed by atoms with Crippen molar-refractivity contribution in [1.29, 1.82) is 0 Å². The maximum atomic E-state index is 9.81. The minimum atomic E-state index is -0.366. The van der Waals surface area contributed by atoms with Crippen molar-refractivity contribution in [2.75, 3.05) is 32.7 Å². The van der Waals surface area contributed by atoms with E-state index < -0.39 is 0 Å². The van der Waals surface area contributed by atoms with Crippen molar-refractivity contribution in [3.63, 3.8) is 0 Å². The van der Waals surface area contributed by atoms with Gasteiger partial charge in [0.2, 0.25) is 0 Å². The van der Waals surface area contributed by atoms with Crippen molar-refractivity contribution in [3.8, 4) is 0 Å². The van der Waals surface area contributed by atoms with Crippen LogP contribution in [-0.2, 0) is 13.1 Å². The summed E-state index contributed by atoms with van der Waals surface area (Å²) >= 11 is 0. The van der Waals surface area contributed by atoms with Crippen LogP contribution < -0.4 is 5.32 Å². The molecule has 0 radical (unpaired) electrons. The molecule has 0 heterocycles. The molecule has 0 atom stereocenters. The Morgan fingerprint density at radius 1 is 0.857 bits per heavy atom. The lowest BCUT2D eigenvalue weighted by atomic mass is 9.85. The van der Waals surface area contributed by atoms with Crippen LogP contribution in [0.15, 0.2) is 60.7 Å². The van der Waals surface area contributed by atoms with Crippen molar-refractivity contribution in [2.24, 2.45) is 0 Å². The van der Waals surface area contributed by atoms with E-state index in [-0.39, 0.29) is 7.05 Å². The third-order valence-corrected chi connectivity index (χ3v) is 5.10. The summed E-state index contributed by atoms with van der Waals surface area (Å²) in [7, 11) is -0.366. The Labute approximate surface area is 171 Å². The Bertz CT molecular complexity index is 624. The quantitative estimate of drug-likeness (QED) is 0.388. The largest absolute Gasteiger partial charge is 0.437 e. The Morgan fingerprint density at radius 2 is 1.46 bits per heavy atom. The summed E-state index contributed by atoms with van der Waals surface area (Å²) in [6.45, 7) is 10.9. The summed E-state index contributed by atoms with van der Waals surface area (Å²) in [5, 5.41) is 13.4. The molecule has 152 valence electrons. The average Bonchev–Trinajstić information content (AvgIpc) is 2.72. The maximum Gasteiger partial charge on any atom is 0.376 e. The zero-order chi connectivity index (χ0) is 20.0. The van der Waals surface area contributed by atoms with Gasteiger partial charge in [0.05, 0.1) is 0 Å². The second-order valence-electron chi connectivity index (χ2n) is 7.39. The predicted octanol–water partition coefficient (Wildman–Crippen LogP) is 3.49. The van der Waals surface area contributed by atoms with E-state index in [9.17, 15) is 5.02 Å². The molecule has 0 fully saturated rings. The average molecular weight is 381 g/mol. The van der Waals surface area contributed by atoms with E-state index in [1.165, 1.54) is 11.1 Å². The second-order valence-corrected chi connectivity index (χ2v) is 7.39. The van der Waals surface area contributed by atoms with Crippen molar-refractivity contribution in [2.45, 2.75) is 39.7 Å². The number of benzene rings is 2. The fourth-order valence-corrected chi connectivity index (χ4v) is 3.47. The summed E-state index contributed by atoms with van der Waals surface area (Å²) in [6.07, 6.45) is 2.20. The molecule has 0 amide bonds. The molecule has 5 heteroatoms. The lowest BCUT2D eigenvalue weighted by molar-refractivity contribution is 0.245. The van der Waals surface area contributed by atoms with Crippen LogP contribution in [0.5, 0.6) is 0 Å². The van der Waals surface area contributed by atoms with Crippen molar-refractivity contribution in [3.05, 3.63) is 71.8 Å². The van der Waals surface area contributed by atoms with Gasteiger partial charge in [-0.15, -0.1) is 0 Å². The Kier molecular flexibility index (Phi) is 10.9. The minimum absolute atomic E-state index is 0.366. The standard InChI is InChI=1S/C23H36BN3O/c1-3-27(24(2)28)19-11-18-26(21-23-14-8-5-9-15-23)17-10-16-25-20-22-12-6-4-7-13-22/h4-9,12-15,25,28H,3,10-11,16-21H2,1-2H3. The first-order valence-corrected chi connectivity index (χ1v) is 10.6. The topological polar surface area (TPSA) is 38.7 Å². The number of nitrogens with zero attached hydrogens (tertiary/aromatic N) is 2. The minimum Gasteiger partial charge on any atom is -0.437 e. The highest BCUT2D eigenvalue weighted by Crippen LogP contribution is 2.07. The zero-order valence-electron chi connectivity index (χ0n) is 17.6. The third-order valence-electron chi connectivity index (χ3n) is 5.10. The second kappa shape index (κ2) is 13.5. The zero-order valence-corrected chi connectivity index (χ0v) is 17.6. The summed E-state index contributed by atoms with van der Waals surface area (Å²) in [4.78, 5) is 4.65. The highest BCUT2D eigenvalue weighted by atomic mass is 16.2. The van der Waals surface area contributed by atoms with Gasteiger partial charge in [0.25, 0.3) is 0 Å². The van der Waals surface area contributed by atoms with Crippen LogP contribution >= 0.6 is 0 Å². The van der Waals surface area contributed by atoms with Crippen molar-refractivity contribution < 1.29 is 5.02 Å². The highest BCUT2D eigenvalue weighted by Gasteiger charge is 2.14. The predicted molar refractivity (Wildman–Crippen MR) is 120 cm³/mol. The molecule has 28 heavy (non-hydrogen) atoms. The summed E-state index contributed by atoms with van der Waals surface area (Å²) < 4.78 is 0. The SMILES string of the molecule is CCN(CCCN(CCCNCc1ccccc1)Cc1ccccc1)B(C)O. The van der Waals surface area contributed by atoms with Gasteiger partial charge >= 0.3 is 7.05 Å². The van der Waals surface area contributed by atoms with Gasteiger partial charge in [-0.1, -0.05) is 67.6 Å². The first-order valence-electron chi connectivity index (χ1n) is 10.6. The molecule has 2 N–H and O–H groups in total. The summed E-state index contributed by atoms with van der Waals surface area (Å²) in [5.41, 5.74) is 2.70. The molecule has 2 aromatic carbocycles. The van der Waals surface area contributed by atoms with E-state index in [1.807, 2.05) is 6.82 Å². The molecular formula is C23H36BN3O. The molecule has 0 saturated heterocycles. The molecule has 4 nitrogen and oxygen atoms in total. The van der Waals surface area contributed by atoms with E-state index in [4.69, 9.17) is 0 Å². The van der Waals surface area contributed by atoms with Gasteiger partial charge < -0.3 is 15.2 Å². The molecule has 0 saturated carbocycles. The Balaban J connectivity index is 1.75. The first kappa shape index (κ1) is 22.6. The number of hydrogen-bond donors (Lipinski definition) is 2. The Morgan fingerprint density at radius 3 is 2.07 bits per heavy atom. The molecule has 2 rings (SSSR count). The molecule has 0 spiro atoms. The summed E-state index contributed by atoms with van der Waals surface area (Å²) in [6, 6.07) is 21.3. The van der Waals surface area contributed by atoms with Crippen LogP contribution in [-0.4, -0.2) is 54.5 Å². The number of hydrogen-bond acceptors (Lipinski definition) is 4. The van der Waals surface area contributed by atoms with Crippen molar-refractivity contribution >= 4 is 7.05 Å². The lowest BCUT2D eigenvalue weighted by Gasteiger charge is -2.26. The molecule has 0 aliphatic carbocycles. The first-order chi connectivity index (χ1) is 13.7. The van der Waals surface area contributed by atoms with Crippen molar-refractivity contribution in [1.82, 2.24) is 15.0 Å². The summed E-state index contributed by atoms with van der Waals surface area (Å²) in [5.74, 6) is 0. The lowest BCUT2D eigenvalue weighted by Crippen LogP contribution is -2.39. The molecular weight excluding hydrogens is 345 g/mol. The van der Waals surface area contributed by atoms with Crippen LogP contribution in [0.25, 0.3) is 0 Å². The van der Waals surface area contributed by atoms with E-state index in [1.54, 1.807) is 0 Å². The van der Waals surface area contributed by atoms with E-state index in [0.717, 1.165) is 58.7 Å². The molecule has 0 bridgehead atoms. The highest BCUT2D eigenvalue weighted by molar-refractivity contribution is 6.45. The number of rotatable bonds is 14. The smallest absolute Gasteiger partial charge is 0.376 e. The van der Waals surface area contributed by atoms with E-state index in [2.05, 4.69) is 82.6 Å². The van der Waals surface area contributed by atoms with Gasteiger partial charge in [-0.25, -0.2) is 0 Å². The Hall–Kier alpha value is -1.66. The maximum absolute atomic E-state index is 9.81. The fraction of sp³-hybridized carbons (Fsp3) is 0.478. The van der Waals surface area contributed by atoms with Gasteiger partial charge in [0, 0.05) is 13.1 Å². The van der Waals surface area contributed by atoms with Crippen LogP contribution in [0.2, 0.25) is 6.82 Å². The normalized spacial score (nSPS) is 11.3. The third kappa shape index (κ3) is 9.02. The van der Waals surface area contributed by atoms with Gasteiger partial charge in [0.15, 0.2) is 0 Å². The van der Waals surface area contributed by atoms with Gasteiger partial charge in [-0.3, -0.25) is 4.90 Å². The molecule has 0 unspecified atom stereocenters. The fourth-order valence-electron chi connectivity index (χ4n) is 3.47. The van der Waals surface area contributed by atoms with Crippen LogP contribution in [0, 0.1) is 0 Å². The monoisotopic (exact) mass is 381 g/mol. The van der Waals surface area contributed by atoms with Crippen LogP contribution in [0.3, 0.4) is 0 Å². The van der Waals surface area contributed by atoms with Gasteiger partial charge in [0.1, 0.15) is 0 Å². The van der Waals surface area contributed by atoms with Crippen LogP contribution in [0.1, 0.15) is 30.9 Å². The van der Waals surface area contributed by atoms with E-state index >= 15 is 0 Å². The number of nitrogens with one attached hydrogen (secondary N) is 1. The molecule has 0 aliphatic rings. The van der Waals surface area contributed by atoms with Crippen LogP contribution in [0.4, 0.5) is 0 Å². The molecule has 2 aromatic rings.